The summed E-state index contributed by atoms with van der Waals surface area (Å²) in [5.74, 6) is -3.41. The minimum absolute atomic E-state index is 0.0950. The zero-order valence-electron chi connectivity index (χ0n) is 22.6. The molecule has 0 unspecified atom stereocenters. The molecule has 3 saturated heterocycles. The molecule has 9 nitrogen and oxygen atoms in total. The molecule has 15 heteroatoms. The lowest BCUT2D eigenvalue weighted by Gasteiger charge is -2.44. The molecular weight excluding hydrogens is 564 g/mol. The number of carboxylic acid groups (broad SMARTS) is 2. The molecule has 232 valence electrons. The monoisotopic (exact) mass is 599 g/mol. The van der Waals surface area contributed by atoms with Gasteiger partial charge in [-0.2, -0.15) is 26.3 Å². The van der Waals surface area contributed by atoms with Crippen molar-refractivity contribution in [3.8, 4) is 0 Å². The van der Waals surface area contributed by atoms with Gasteiger partial charge in [-0.3, -0.25) is 9.69 Å². The lowest BCUT2D eigenvalue weighted by Crippen LogP contribution is -2.49. The molecule has 2 N–H and O–H groups in total. The number of carbonyl (C=O) groups is 3. The predicted octanol–water partition coefficient (Wildman–Crippen LogP) is 4.09. The largest absolute Gasteiger partial charge is 0.490 e. The number of piperidine rings is 1. The Morgan fingerprint density at radius 2 is 1.46 bits per heavy atom. The lowest BCUT2D eigenvalue weighted by molar-refractivity contribution is -0.193. The summed E-state index contributed by atoms with van der Waals surface area (Å²) in [6, 6.07) is 4.05. The van der Waals surface area contributed by atoms with E-state index >= 15 is 0 Å². The van der Waals surface area contributed by atoms with Gasteiger partial charge in [0.15, 0.2) is 0 Å². The average Bonchev–Trinajstić information content (AvgIpc) is 3.67. The summed E-state index contributed by atoms with van der Waals surface area (Å²) in [6.07, 6.45) is -1.19. The van der Waals surface area contributed by atoms with Gasteiger partial charge >= 0.3 is 24.3 Å². The number of hydrogen-bond acceptors (Lipinski definition) is 6. The number of likely N-dealkylation sites (tertiary alicyclic amines) is 3. The molecule has 4 fully saturated rings. The number of amides is 1. The van der Waals surface area contributed by atoms with E-state index in [2.05, 4.69) is 27.8 Å². The van der Waals surface area contributed by atoms with Crippen LogP contribution in [0.2, 0.25) is 0 Å². The molecule has 4 heterocycles. The van der Waals surface area contributed by atoms with E-state index < -0.39 is 24.3 Å². The minimum Gasteiger partial charge on any atom is -0.475 e. The van der Waals surface area contributed by atoms with Crippen LogP contribution in [0.15, 0.2) is 22.8 Å². The number of hydrogen-bond donors (Lipinski definition) is 2. The van der Waals surface area contributed by atoms with Crippen LogP contribution in [-0.4, -0.2) is 101 Å². The van der Waals surface area contributed by atoms with Crippen LogP contribution in [0, 0.1) is 16.7 Å². The molecule has 0 bridgehead atoms. The normalized spacial score (nSPS) is 26.1. The van der Waals surface area contributed by atoms with Gasteiger partial charge in [-0.1, -0.05) is 0 Å². The van der Waals surface area contributed by atoms with Gasteiger partial charge in [0, 0.05) is 26.2 Å². The SMILES string of the molecule is CN1C[C@H]2C3(CCN(Cc4ccco4)CC3)CC[C@@]2(C(=O)N2CCCC2)C1.O=C(O)C(F)(F)F.O=C(O)C(F)(F)F. The second-order valence-electron chi connectivity index (χ2n) is 11.2. The van der Waals surface area contributed by atoms with E-state index in [1.54, 1.807) is 6.26 Å². The van der Waals surface area contributed by atoms with Crippen LogP contribution in [0.4, 0.5) is 26.3 Å². The van der Waals surface area contributed by atoms with Gasteiger partial charge in [-0.25, -0.2) is 9.59 Å². The molecule has 5 rings (SSSR count). The van der Waals surface area contributed by atoms with E-state index in [-0.39, 0.29) is 5.41 Å². The van der Waals surface area contributed by atoms with Crippen LogP contribution in [0.3, 0.4) is 0 Å². The van der Waals surface area contributed by atoms with Gasteiger partial charge in [0.25, 0.3) is 0 Å². The van der Waals surface area contributed by atoms with Crippen molar-refractivity contribution in [1.29, 1.82) is 0 Å². The Labute approximate surface area is 233 Å². The van der Waals surface area contributed by atoms with Crippen molar-refractivity contribution in [2.75, 3.05) is 46.3 Å². The third-order valence-electron chi connectivity index (χ3n) is 8.64. The highest BCUT2D eigenvalue weighted by molar-refractivity contribution is 5.84. The second-order valence-corrected chi connectivity index (χ2v) is 11.2. The van der Waals surface area contributed by atoms with E-state index in [1.165, 1.54) is 32.1 Å². The standard InChI is InChI=1S/C22H33N3O2.2C2HF3O2/c1-23-16-19-21(8-12-24(13-9-21)15-18-5-4-14-27-18)6-7-22(19,17-23)20(26)25-10-2-3-11-25;2*3-2(4,5)1(6)7/h4-5,14,19H,2-3,6-13,15-17H2,1H3;2*(H,6,7)/t19-,22+;;/m0../s1. The van der Waals surface area contributed by atoms with Gasteiger partial charge < -0.3 is 24.4 Å². The summed E-state index contributed by atoms with van der Waals surface area (Å²) in [6.45, 7) is 7.25. The molecule has 0 radical (unpaired) electrons. The zero-order valence-corrected chi connectivity index (χ0v) is 22.6. The average molecular weight is 600 g/mol. The summed E-state index contributed by atoms with van der Waals surface area (Å²) < 4.78 is 69.0. The smallest absolute Gasteiger partial charge is 0.475 e. The maximum atomic E-state index is 13.6. The van der Waals surface area contributed by atoms with E-state index in [0.29, 0.717) is 17.2 Å². The molecule has 3 aliphatic heterocycles. The number of fused-ring (bicyclic) bond motifs is 2. The fourth-order valence-electron chi connectivity index (χ4n) is 6.76. The highest BCUT2D eigenvalue weighted by Crippen LogP contribution is 2.62. The molecule has 0 aromatic carbocycles. The number of furan rings is 1. The number of aliphatic carboxylic acids is 2. The fourth-order valence-corrected chi connectivity index (χ4v) is 6.76. The van der Waals surface area contributed by atoms with E-state index in [1.807, 2.05) is 6.07 Å². The molecule has 4 aliphatic rings. The van der Waals surface area contributed by atoms with Gasteiger partial charge in [-0.05, 0) is 82.1 Å². The third kappa shape index (κ3) is 7.73. The number of halogens is 6. The van der Waals surface area contributed by atoms with Crippen LogP contribution in [0.5, 0.6) is 0 Å². The summed E-state index contributed by atoms with van der Waals surface area (Å²) in [7, 11) is 2.22. The first-order valence-electron chi connectivity index (χ1n) is 13.3. The zero-order chi connectivity index (χ0) is 30.6. The molecular formula is C26H35F6N3O6. The summed E-state index contributed by atoms with van der Waals surface area (Å²) in [5, 5.41) is 14.2. The number of carboxylic acids is 2. The van der Waals surface area contributed by atoms with Crippen LogP contribution < -0.4 is 0 Å². The predicted molar refractivity (Wildman–Crippen MR) is 132 cm³/mol. The number of rotatable bonds is 3. The Morgan fingerprint density at radius 3 is 1.93 bits per heavy atom. The van der Waals surface area contributed by atoms with Gasteiger partial charge in [0.05, 0.1) is 18.2 Å². The third-order valence-corrected chi connectivity index (χ3v) is 8.64. The number of carbonyl (C=O) groups excluding carboxylic acids is 1. The Hall–Kier alpha value is -2.81. The second kappa shape index (κ2) is 12.6. The Balaban J connectivity index is 0.000000276. The molecule has 1 aromatic heterocycles. The first-order chi connectivity index (χ1) is 19.0. The van der Waals surface area contributed by atoms with Crippen molar-refractivity contribution >= 4 is 17.8 Å². The molecule has 41 heavy (non-hydrogen) atoms. The molecule has 1 amide bonds. The van der Waals surface area contributed by atoms with Gasteiger partial charge in [-0.15, -0.1) is 0 Å². The van der Waals surface area contributed by atoms with Crippen molar-refractivity contribution in [1.82, 2.24) is 14.7 Å². The van der Waals surface area contributed by atoms with Crippen molar-refractivity contribution in [2.45, 2.75) is 57.4 Å². The Bertz CT molecular complexity index is 1030. The maximum absolute atomic E-state index is 13.6. The molecule has 1 aliphatic carbocycles. The van der Waals surface area contributed by atoms with Crippen LogP contribution in [-0.2, 0) is 20.9 Å². The van der Waals surface area contributed by atoms with Crippen molar-refractivity contribution in [3.05, 3.63) is 24.2 Å². The quantitative estimate of drug-likeness (QED) is 0.500. The van der Waals surface area contributed by atoms with Gasteiger partial charge in [0.1, 0.15) is 5.76 Å². The van der Waals surface area contributed by atoms with Crippen LogP contribution >= 0.6 is 0 Å². The number of alkyl halides is 6. The number of nitrogens with zero attached hydrogens (tertiary/aromatic N) is 3. The van der Waals surface area contributed by atoms with E-state index in [9.17, 15) is 31.1 Å². The Kier molecular flexibility index (Phi) is 10.0. The van der Waals surface area contributed by atoms with Crippen molar-refractivity contribution in [3.63, 3.8) is 0 Å². The first-order valence-corrected chi connectivity index (χ1v) is 13.3. The summed E-state index contributed by atoms with van der Waals surface area (Å²) in [4.78, 5) is 38.5. The molecule has 2 atom stereocenters. The topological polar surface area (TPSA) is 115 Å². The molecule has 1 saturated carbocycles. The summed E-state index contributed by atoms with van der Waals surface area (Å²) in [5.41, 5.74) is 0.280. The highest BCUT2D eigenvalue weighted by atomic mass is 19.4. The Morgan fingerprint density at radius 1 is 0.927 bits per heavy atom. The van der Waals surface area contributed by atoms with Crippen molar-refractivity contribution < 1.29 is 55.4 Å². The highest BCUT2D eigenvalue weighted by Gasteiger charge is 2.64. The minimum atomic E-state index is -5.08. The van der Waals surface area contributed by atoms with Crippen LogP contribution in [0.1, 0.15) is 44.3 Å². The van der Waals surface area contributed by atoms with Crippen LogP contribution in [0.25, 0.3) is 0 Å². The first kappa shape index (κ1) is 32.7. The lowest BCUT2D eigenvalue weighted by atomic mass is 9.65. The molecule has 1 aromatic rings. The van der Waals surface area contributed by atoms with E-state index in [0.717, 1.165) is 58.0 Å². The fraction of sp³-hybridized carbons (Fsp3) is 0.731. The van der Waals surface area contributed by atoms with Gasteiger partial charge in [0.2, 0.25) is 5.91 Å². The summed E-state index contributed by atoms with van der Waals surface area (Å²) >= 11 is 0. The molecule has 1 spiro atoms. The van der Waals surface area contributed by atoms with E-state index in [4.69, 9.17) is 24.2 Å². The van der Waals surface area contributed by atoms with Crippen molar-refractivity contribution in [2.24, 2.45) is 16.7 Å². The maximum Gasteiger partial charge on any atom is 0.490 e.